The summed E-state index contributed by atoms with van der Waals surface area (Å²) < 4.78 is 22.0. The van der Waals surface area contributed by atoms with Gasteiger partial charge in [-0.1, -0.05) is 6.92 Å². The molecule has 0 aromatic rings. The van der Waals surface area contributed by atoms with Gasteiger partial charge >= 0.3 is 0 Å². The first-order valence-electron chi connectivity index (χ1n) is 4.09. The molecule has 0 rings (SSSR count). The summed E-state index contributed by atoms with van der Waals surface area (Å²) in [6.45, 7) is 2.39. The summed E-state index contributed by atoms with van der Waals surface area (Å²) in [6.07, 6.45) is 0.675. The van der Waals surface area contributed by atoms with Gasteiger partial charge in [-0.2, -0.15) is 0 Å². The first-order chi connectivity index (χ1) is 5.48. The molecule has 12 heavy (non-hydrogen) atoms. The topological polar surface area (TPSA) is 49.4 Å². The van der Waals surface area contributed by atoms with Crippen LogP contribution in [0.2, 0.25) is 0 Å². The van der Waals surface area contributed by atoms with Crippen molar-refractivity contribution in [3.05, 3.63) is 0 Å². The van der Waals surface area contributed by atoms with Crippen LogP contribution in [-0.4, -0.2) is 45.6 Å². The van der Waals surface area contributed by atoms with Crippen LogP contribution in [0.5, 0.6) is 0 Å². The van der Waals surface area contributed by atoms with E-state index in [2.05, 4.69) is 5.43 Å². The lowest BCUT2D eigenvalue weighted by molar-refractivity contribution is 0.291. The summed E-state index contributed by atoms with van der Waals surface area (Å²) in [5.41, 5.74) is 3.01. The summed E-state index contributed by atoms with van der Waals surface area (Å²) in [5.74, 6) is 0.527. The number of nitrogens with zero attached hydrogens (tertiary/aromatic N) is 1. The Labute approximate surface area is 74.8 Å². The van der Waals surface area contributed by atoms with Gasteiger partial charge in [-0.05, 0) is 6.42 Å². The van der Waals surface area contributed by atoms with Crippen molar-refractivity contribution in [1.29, 1.82) is 0 Å². The Morgan fingerprint density at radius 1 is 1.33 bits per heavy atom. The van der Waals surface area contributed by atoms with E-state index in [0.717, 1.165) is 0 Å². The normalized spacial score (nSPS) is 12.3. The highest BCUT2D eigenvalue weighted by atomic mass is 32.2. The van der Waals surface area contributed by atoms with E-state index in [-0.39, 0.29) is 11.5 Å². The minimum atomic E-state index is -2.78. The molecule has 0 heterocycles. The zero-order valence-corrected chi connectivity index (χ0v) is 8.82. The fraction of sp³-hybridized carbons (Fsp3) is 1.00. The van der Waals surface area contributed by atoms with E-state index in [0.29, 0.717) is 13.0 Å². The summed E-state index contributed by atoms with van der Waals surface area (Å²) in [5, 5.41) is 1.82. The van der Waals surface area contributed by atoms with Crippen molar-refractivity contribution in [2.24, 2.45) is 0 Å². The molecule has 0 saturated carbocycles. The van der Waals surface area contributed by atoms with Crippen LogP contribution in [0.3, 0.4) is 0 Å². The molecule has 0 spiro atoms. The van der Waals surface area contributed by atoms with Gasteiger partial charge in [0.05, 0.1) is 5.75 Å². The molecule has 0 saturated heterocycles. The lowest BCUT2D eigenvalue weighted by Gasteiger charge is -2.10. The van der Waals surface area contributed by atoms with Gasteiger partial charge < -0.3 is 0 Å². The molecule has 1 N–H and O–H groups in total. The van der Waals surface area contributed by atoms with Gasteiger partial charge in [0.15, 0.2) is 0 Å². The van der Waals surface area contributed by atoms with Crippen LogP contribution in [0.4, 0.5) is 0 Å². The Hall–Kier alpha value is -0.130. The van der Waals surface area contributed by atoms with Crippen LogP contribution in [0.25, 0.3) is 0 Å². The molecule has 0 radical (unpaired) electrons. The van der Waals surface area contributed by atoms with Gasteiger partial charge in [0.25, 0.3) is 0 Å². The van der Waals surface area contributed by atoms with Gasteiger partial charge in [0.2, 0.25) is 0 Å². The molecular weight excluding hydrogens is 176 g/mol. The van der Waals surface area contributed by atoms with Crippen LogP contribution >= 0.6 is 0 Å². The predicted molar refractivity (Wildman–Crippen MR) is 50.6 cm³/mol. The average molecular weight is 194 g/mol. The summed E-state index contributed by atoms with van der Waals surface area (Å²) >= 11 is 0. The predicted octanol–water partition coefficient (Wildman–Crippen LogP) is -0.123. The van der Waals surface area contributed by atoms with Crippen molar-refractivity contribution in [2.45, 2.75) is 13.3 Å². The zero-order chi connectivity index (χ0) is 9.61. The van der Waals surface area contributed by atoms with Crippen molar-refractivity contribution < 1.29 is 8.42 Å². The van der Waals surface area contributed by atoms with Crippen LogP contribution in [0.15, 0.2) is 0 Å². The second kappa shape index (κ2) is 5.50. The van der Waals surface area contributed by atoms with Gasteiger partial charge in [0.1, 0.15) is 9.84 Å². The molecule has 4 nitrogen and oxygen atoms in total. The molecule has 0 unspecified atom stereocenters. The van der Waals surface area contributed by atoms with Gasteiger partial charge in [0, 0.05) is 26.4 Å². The second-order valence-electron chi connectivity index (χ2n) is 2.89. The van der Waals surface area contributed by atoms with E-state index < -0.39 is 9.84 Å². The van der Waals surface area contributed by atoms with E-state index in [1.807, 2.05) is 19.1 Å². The third-order valence-corrected chi connectivity index (χ3v) is 3.29. The monoisotopic (exact) mass is 194 g/mol. The van der Waals surface area contributed by atoms with Crippen LogP contribution in [0.1, 0.15) is 13.3 Å². The molecule has 0 bridgehead atoms. The first kappa shape index (κ1) is 11.9. The van der Waals surface area contributed by atoms with Crippen LogP contribution in [-0.2, 0) is 9.84 Å². The fourth-order valence-corrected chi connectivity index (χ4v) is 1.61. The maximum absolute atomic E-state index is 11.0. The van der Waals surface area contributed by atoms with E-state index in [1.165, 1.54) is 0 Å². The molecular formula is C7H18N2O2S. The van der Waals surface area contributed by atoms with Crippen molar-refractivity contribution in [2.75, 3.05) is 32.1 Å². The van der Waals surface area contributed by atoms with E-state index in [9.17, 15) is 8.42 Å². The summed E-state index contributed by atoms with van der Waals surface area (Å²) in [7, 11) is 0.991. The third-order valence-electron chi connectivity index (χ3n) is 1.50. The Kier molecular flexibility index (Phi) is 5.44. The third kappa shape index (κ3) is 6.57. The highest BCUT2D eigenvalue weighted by Gasteiger charge is 2.05. The highest BCUT2D eigenvalue weighted by molar-refractivity contribution is 7.91. The minimum absolute atomic E-state index is 0.245. The van der Waals surface area contributed by atoms with E-state index >= 15 is 0 Å². The number of nitrogens with one attached hydrogen (secondary N) is 1. The minimum Gasteiger partial charge on any atom is -0.256 e. The lowest BCUT2D eigenvalue weighted by atomic mass is 10.5. The summed E-state index contributed by atoms with van der Waals surface area (Å²) in [6, 6.07) is 0. The second-order valence-corrected chi connectivity index (χ2v) is 5.37. The number of hydrogen-bond donors (Lipinski definition) is 1. The molecule has 74 valence electrons. The molecule has 0 amide bonds. The molecule has 0 aliphatic rings. The van der Waals surface area contributed by atoms with Gasteiger partial charge in [-0.3, -0.25) is 10.4 Å². The first-order valence-corrected chi connectivity index (χ1v) is 5.91. The van der Waals surface area contributed by atoms with Crippen LogP contribution in [0, 0.1) is 0 Å². The van der Waals surface area contributed by atoms with Gasteiger partial charge in [-0.25, -0.2) is 8.42 Å². The molecule has 0 aromatic heterocycles. The molecule has 0 aromatic carbocycles. The number of hydrogen-bond acceptors (Lipinski definition) is 4. The van der Waals surface area contributed by atoms with Gasteiger partial charge in [-0.15, -0.1) is 0 Å². The SMILES string of the molecule is CCS(=O)(=O)CCCNN(C)C. The molecule has 5 heteroatoms. The summed E-state index contributed by atoms with van der Waals surface area (Å²) in [4.78, 5) is 0. The van der Waals surface area contributed by atoms with Crippen molar-refractivity contribution in [3.8, 4) is 0 Å². The molecule has 0 aliphatic heterocycles. The van der Waals surface area contributed by atoms with Crippen molar-refractivity contribution >= 4 is 9.84 Å². The Morgan fingerprint density at radius 2 is 1.92 bits per heavy atom. The molecule has 0 aliphatic carbocycles. The van der Waals surface area contributed by atoms with E-state index in [1.54, 1.807) is 6.92 Å². The fourth-order valence-electron chi connectivity index (χ4n) is 0.739. The molecule has 0 fully saturated rings. The Morgan fingerprint density at radius 3 is 2.33 bits per heavy atom. The maximum Gasteiger partial charge on any atom is 0.150 e. The number of hydrazine groups is 1. The average Bonchev–Trinajstić information content (AvgIpc) is 1.98. The maximum atomic E-state index is 11.0. The highest BCUT2D eigenvalue weighted by Crippen LogP contribution is 1.91. The smallest absolute Gasteiger partial charge is 0.150 e. The molecule has 0 atom stereocenters. The van der Waals surface area contributed by atoms with Crippen LogP contribution < -0.4 is 5.43 Å². The number of sulfone groups is 1. The number of rotatable bonds is 6. The lowest BCUT2D eigenvalue weighted by Crippen LogP contribution is -2.32. The largest absolute Gasteiger partial charge is 0.256 e. The van der Waals surface area contributed by atoms with E-state index in [4.69, 9.17) is 0 Å². The standard InChI is InChI=1S/C7H18N2O2S/c1-4-12(10,11)7-5-6-8-9(2)3/h8H,4-7H2,1-3H3. The Balaban J connectivity index is 3.45. The quantitative estimate of drug-likeness (QED) is 0.473. The van der Waals surface area contributed by atoms with Crippen molar-refractivity contribution in [3.63, 3.8) is 0 Å². The van der Waals surface area contributed by atoms with Crippen molar-refractivity contribution in [1.82, 2.24) is 10.4 Å². The zero-order valence-electron chi connectivity index (χ0n) is 8.00. The Bertz CT molecular complexity index is 199.